The predicted molar refractivity (Wildman–Crippen MR) is 182 cm³/mol. The molecule has 0 aromatic heterocycles. The Morgan fingerprint density at radius 2 is 1.17 bits per heavy atom. The first-order chi connectivity index (χ1) is 24.6. The second-order valence-corrected chi connectivity index (χ2v) is 12.6. The van der Waals surface area contributed by atoms with Crippen LogP contribution in [-0.4, -0.2) is 63.5 Å². The first kappa shape index (κ1) is 39.9. The van der Waals surface area contributed by atoms with Crippen LogP contribution in [0.15, 0.2) is 109 Å². The number of carbonyl (C=O) groups is 2. The fourth-order valence-electron chi connectivity index (χ4n) is 5.86. The zero-order chi connectivity index (χ0) is 37.8. The number of carbonyl (C=O) groups excluding carboxylic acids is 1. The molecule has 2 N–H and O–H groups in total. The van der Waals surface area contributed by atoms with Gasteiger partial charge in [0.05, 0.1) is 17.7 Å². The second kappa shape index (κ2) is 18.1. The monoisotopic (exact) mass is 730 g/mol. The third-order valence-electron chi connectivity index (χ3n) is 8.44. The van der Waals surface area contributed by atoms with Crippen LogP contribution in [0.25, 0.3) is 0 Å². The number of rotatable bonds is 7. The van der Waals surface area contributed by atoms with Gasteiger partial charge in [-0.25, -0.2) is 4.79 Å². The van der Waals surface area contributed by atoms with E-state index in [4.69, 9.17) is 9.84 Å². The summed E-state index contributed by atoms with van der Waals surface area (Å²) in [5, 5.41) is 18.4. The van der Waals surface area contributed by atoms with Gasteiger partial charge in [0, 0.05) is 32.5 Å². The zero-order valence-electron chi connectivity index (χ0n) is 28.2. The number of hydrogen-bond acceptors (Lipinski definition) is 6. The van der Waals surface area contributed by atoms with E-state index in [0.29, 0.717) is 31.7 Å². The van der Waals surface area contributed by atoms with Crippen LogP contribution in [0, 0.1) is 0 Å². The van der Waals surface area contributed by atoms with Crippen molar-refractivity contribution >= 4 is 11.8 Å². The smallest absolute Gasteiger partial charge is 0.416 e. The maximum Gasteiger partial charge on any atom is 0.416 e. The first-order valence-corrected chi connectivity index (χ1v) is 16.6. The lowest BCUT2D eigenvalue weighted by Crippen LogP contribution is -2.56. The molecule has 0 saturated carbocycles. The molecule has 2 heterocycles. The number of carboxylic acids is 1. The lowest BCUT2D eigenvalue weighted by molar-refractivity contribution is -0.161. The number of alkyl halides is 6. The molecule has 0 aliphatic carbocycles. The summed E-state index contributed by atoms with van der Waals surface area (Å²) in [5.41, 5.74) is -0.674. The van der Waals surface area contributed by atoms with E-state index in [-0.39, 0.29) is 18.0 Å². The molecular weight excluding hydrogens is 690 g/mol. The van der Waals surface area contributed by atoms with E-state index >= 15 is 0 Å². The van der Waals surface area contributed by atoms with Gasteiger partial charge in [0.25, 0.3) is 0 Å². The molecule has 0 spiro atoms. The highest BCUT2D eigenvalue weighted by atomic mass is 19.4. The average Bonchev–Trinajstić information content (AvgIpc) is 3.10. The number of benzene rings is 4. The largest absolute Gasteiger partial charge is 0.508 e. The lowest BCUT2D eigenvalue weighted by Gasteiger charge is -2.39. The summed E-state index contributed by atoms with van der Waals surface area (Å²) in [6.07, 6.45) is -6.06. The van der Waals surface area contributed by atoms with Crippen LogP contribution in [-0.2, 0) is 35.0 Å². The van der Waals surface area contributed by atoms with E-state index in [1.807, 2.05) is 53.4 Å². The Balaban J connectivity index is 0.000000201. The number of aromatic hydroxyl groups is 1. The topological polar surface area (TPSA) is 90.3 Å². The molecule has 1 unspecified atom stereocenters. The summed E-state index contributed by atoms with van der Waals surface area (Å²) in [5.74, 6) is -0.780. The third-order valence-corrected chi connectivity index (χ3v) is 8.44. The summed E-state index contributed by atoms with van der Waals surface area (Å²) in [7, 11) is 0. The number of aliphatic carboxylic acids is 1. The van der Waals surface area contributed by atoms with Crippen LogP contribution < -0.4 is 4.74 Å². The Kier molecular flexibility index (Phi) is 13.9. The second-order valence-electron chi connectivity index (χ2n) is 12.6. The average molecular weight is 731 g/mol. The highest BCUT2D eigenvalue weighted by Crippen LogP contribution is 2.33. The number of carboxylic acid groups (broad SMARTS) is 1. The van der Waals surface area contributed by atoms with Crippen LogP contribution in [0.5, 0.6) is 11.5 Å². The molecule has 278 valence electrons. The number of likely N-dealkylation sites (tertiary alicyclic amines) is 2. The van der Waals surface area contributed by atoms with Crippen molar-refractivity contribution in [3.63, 3.8) is 0 Å². The van der Waals surface area contributed by atoms with Gasteiger partial charge in [0.2, 0.25) is 5.60 Å². The van der Waals surface area contributed by atoms with Gasteiger partial charge < -0.3 is 14.9 Å². The normalized spacial score (nSPS) is 18.3. The van der Waals surface area contributed by atoms with E-state index in [2.05, 4.69) is 17.0 Å². The first-order valence-electron chi connectivity index (χ1n) is 16.6. The van der Waals surface area contributed by atoms with Gasteiger partial charge in [-0.15, -0.1) is 0 Å². The van der Waals surface area contributed by atoms with Gasteiger partial charge in [0.15, 0.2) is 0 Å². The minimum absolute atomic E-state index is 0.118. The maximum atomic E-state index is 12.7. The highest BCUT2D eigenvalue weighted by Gasteiger charge is 2.45. The predicted octanol–water partition coefficient (Wildman–Crippen LogP) is 8.47. The molecule has 6 rings (SSSR count). The summed E-state index contributed by atoms with van der Waals surface area (Å²) < 4.78 is 79.3. The highest BCUT2D eigenvalue weighted by molar-refractivity contribution is 5.81. The van der Waals surface area contributed by atoms with Crippen molar-refractivity contribution in [1.82, 2.24) is 9.80 Å². The maximum absolute atomic E-state index is 12.7. The van der Waals surface area contributed by atoms with Crippen molar-refractivity contribution < 1.29 is 50.9 Å². The number of phenols is 1. The zero-order valence-corrected chi connectivity index (χ0v) is 28.2. The van der Waals surface area contributed by atoms with E-state index in [1.54, 1.807) is 0 Å². The van der Waals surface area contributed by atoms with Crippen molar-refractivity contribution in [2.75, 3.05) is 26.2 Å². The number of ether oxygens (including phenoxy) is 1. The molecule has 2 saturated heterocycles. The fourth-order valence-corrected chi connectivity index (χ4v) is 5.86. The molecule has 0 radical (unpaired) electrons. The van der Waals surface area contributed by atoms with E-state index < -0.39 is 35.0 Å². The van der Waals surface area contributed by atoms with Gasteiger partial charge in [0.1, 0.15) is 17.3 Å². The third kappa shape index (κ3) is 12.4. The van der Waals surface area contributed by atoms with Crippen LogP contribution in [0.3, 0.4) is 0 Å². The molecule has 2 aliphatic rings. The number of Topliss-reactive ketones (excluding diaryl/α,β-unsaturated/α-hetero) is 1. The van der Waals surface area contributed by atoms with Gasteiger partial charge in [-0.2, -0.15) is 26.3 Å². The van der Waals surface area contributed by atoms with Crippen LogP contribution >= 0.6 is 0 Å². The molecule has 7 nitrogen and oxygen atoms in total. The molecule has 0 amide bonds. The van der Waals surface area contributed by atoms with Crippen LogP contribution in [0.1, 0.15) is 47.9 Å². The number of ketones is 1. The minimum atomic E-state index is -4.44. The summed E-state index contributed by atoms with van der Waals surface area (Å²) in [6.45, 7) is 4.09. The van der Waals surface area contributed by atoms with Crippen molar-refractivity contribution in [1.29, 1.82) is 0 Å². The summed E-state index contributed by atoms with van der Waals surface area (Å²) >= 11 is 0. The quantitative estimate of drug-likeness (QED) is 0.185. The molecule has 1 atom stereocenters. The van der Waals surface area contributed by atoms with Crippen molar-refractivity contribution in [2.24, 2.45) is 0 Å². The number of phenolic OH excluding ortho intramolecular Hbond substituents is 1. The van der Waals surface area contributed by atoms with Crippen LogP contribution in [0.2, 0.25) is 0 Å². The Bertz CT molecular complexity index is 1700. The summed E-state index contributed by atoms with van der Waals surface area (Å²) in [6, 6.07) is 27.8. The number of halogens is 6. The van der Waals surface area contributed by atoms with Gasteiger partial charge in [-0.1, -0.05) is 60.7 Å². The number of piperidine rings is 2. The van der Waals surface area contributed by atoms with Crippen molar-refractivity contribution in [3.05, 3.63) is 131 Å². The summed E-state index contributed by atoms with van der Waals surface area (Å²) in [4.78, 5) is 27.4. The van der Waals surface area contributed by atoms with Crippen molar-refractivity contribution in [2.45, 2.75) is 56.7 Å². The molecule has 0 bridgehead atoms. The molecule has 2 fully saturated rings. The Labute approximate surface area is 298 Å². The number of hydrogen-bond donors (Lipinski definition) is 2. The van der Waals surface area contributed by atoms with Gasteiger partial charge in [-0.05, 0) is 85.6 Å². The molecule has 4 aromatic rings. The molecule has 2 aliphatic heterocycles. The lowest BCUT2D eigenvalue weighted by atomic mass is 9.92. The molecule has 4 aromatic carbocycles. The SMILES string of the molecule is O=C(O)C1(Oc2ccc(C(F)(F)F)cc2)CCCN(Cc2ccccc2)C1.O=C1CCCN(Cc2ccccc2)C1.Oc1ccc(C(F)(F)F)cc1. The standard InChI is InChI=1S/C20H20F3NO3.C12H15NO.C7H5F3O/c21-20(22,23)16-7-9-17(10-8-16)27-19(18(25)26)11-4-12-24(14-19)13-15-5-2-1-3-6-15;14-12-7-4-8-13(10-12)9-11-5-2-1-3-6-11;8-7(9,10)5-1-3-6(11)4-2-5/h1-3,5-10H,4,11-14H2,(H,25,26);1-3,5-6H,4,7-10H2;1-4,11H. The van der Waals surface area contributed by atoms with E-state index in [9.17, 15) is 41.0 Å². The number of nitrogens with zero attached hydrogens (tertiary/aromatic N) is 2. The Morgan fingerprint density at radius 3 is 1.65 bits per heavy atom. The van der Waals surface area contributed by atoms with Crippen LogP contribution in [0.4, 0.5) is 26.3 Å². The van der Waals surface area contributed by atoms with E-state index in [1.165, 1.54) is 17.7 Å². The molecule has 52 heavy (non-hydrogen) atoms. The van der Waals surface area contributed by atoms with E-state index in [0.717, 1.165) is 74.4 Å². The molecular formula is C39H40F6N2O5. The molecule has 13 heteroatoms. The van der Waals surface area contributed by atoms with Crippen molar-refractivity contribution in [3.8, 4) is 11.5 Å². The Morgan fingerprint density at radius 1 is 0.692 bits per heavy atom. The fraction of sp³-hybridized carbons (Fsp3) is 0.333. The van der Waals surface area contributed by atoms with Gasteiger partial charge >= 0.3 is 18.3 Å². The minimum Gasteiger partial charge on any atom is -0.508 e. The van der Waals surface area contributed by atoms with Gasteiger partial charge in [-0.3, -0.25) is 14.6 Å². The Hall–Kier alpha value is -4.88.